The van der Waals surface area contributed by atoms with E-state index in [1.54, 1.807) is 0 Å². The molecule has 0 aromatic rings. The number of rotatable bonds is 0. The summed E-state index contributed by atoms with van der Waals surface area (Å²) in [7, 11) is 0. The second-order valence-corrected chi connectivity index (χ2v) is 3.41. The Kier molecular flexibility index (Phi) is 1.53. The van der Waals surface area contributed by atoms with Gasteiger partial charge >= 0.3 is 5.97 Å². The normalized spacial score (nSPS) is 34.8. The summed E-state index contributed by atoms with van der Waals surface area (Å²) in [6.45, 7) is 4.06. The minimum absolute atomic E-state index is 0.100. The van der Waals surface area contributed by atoms with Crippen molar-refractivity contribution in [2.24, 2.45) is 11.8 Å². The molecule has 2 aliphatic rings. The highest BCUT2D eigenvalue weighted by Gasteiger charge is 2.41. The fourth-order valence-electron chi connectivity index (χ4n) is 1.91. The van der Waals surface area contributed by atoms with Gasteiger partial charge in [-0.15, -0.1) is 0 Å². The van der Waals surface area contributed by atoms with E-state index in [4.69, 9.17) is 4.74 Å². The molecular weight excluding hydrogens is 156 g/mol. The summed E-state index contributed by atoms with van der Waals surface area (Å²) in [5.41, 5.74) is 0.646. The molecule has 12 heavy (non-hydrogen) atoms. The van der Waals surface area contributed by atoms with Gasteiger partial charge in [0.05, 0.1) is 6.61 Å². The third-order valence-electron chi connectivity index (χ3n) is 2.68. The maximum Gasteiger partial charge on any atom is 0.306 e. The first-order chi connectivity index (χ1) is 5.68. The van der Waals surface area contributed by atoms with E-state index in [9.17, 15) is 9.59 Å². The molecule has 3 nitrogen and oxygen atoms in total. The highest BCUT2D eigenvalue weighted by molar-refractivity contribution is 5.98. The molecule has 2 rings (SSSR count). The average Bonchev–Trinajstić information content (AvgIpc) is 2.28. The first-order valence-electron chi connectivity index (χ1n) is 4.06. The lowest BCUT2D eigenvalue weighted by molar-refractivity contribution is -0.151. The largest absolute Gasteiger partial charge is 0.465 e. The lowest BCUT2D eigenvalue weighted by atomic mass is 9.90. The predicted molar refractivity (Wildman–Crippen MR) is 41.3 cm³/mol. The Balaban J connectivity index is 2.19. The Labute approximate surface area is 70.4 Å². The van der Waals surface area contributed by atoms with Gasteiger partial charge in [-0.25, -0.2) is 0 Å². The van der Waals surface area contributed by atoms with Crippen molar-refractivity contribution < 1.29 is 14.3 Å². The molecule has 1 saturated heterocycles. The van der Waals surface area contributed by atoms with Crippen LogP contribution in [0.2, 0.25) is 0 Å². The highest BCUT2D eigenvalue weighted by Crippen LogP contribution is 2.38. The molecule has 0 amide bonds. The SMILES string of the molecule is C=C1C(=O)CC2CC(=O)OCC12. The fraction of sp³-hybridized carbons (Fsp3) is 0.556. The van der Waals surface area contributed by atoms with Gasteiger partial charge in [-0.1, -0.05) is 6.58 Å². The molecule has 1 saturated carbocycles. The third-order valence-corrected chi connectivity index (χ3v) is 2.68. The zero-order valence-corrected chi connectivity index (χ0v) is 6.71. The number of carbonyl (C=O) groups excluding carboxylic acids is 2. The smallest absolute Gasteiger partial charge is 0.306 e. The first kappa shape index (κ1) is 7.53. The van der Waals surface area contributed by atoms with Crippen LogP contribution in [-0.4, -0.2) is 18.4 Å². The van der Waals surface area contributed by atoms with E-state index in [-0.39, 0.29) is 23.6 Å². The molecule has 0 spiro atoms. The van der Waals surface area contributed by atoms with Crippen LogP contribution < -0.4 is 0 Å². The van der Waals surface area contributed by atoms with Gasteiger partial charge in [0.15, 0.2) is 5.78 Å². The van der Waals surface area contributed by atoms with Crippen molar-refractivity contribution in [3.05, 3.63) is 12.2 Å². The lowest BCUT2D eigenvalue weighted by Crippen LogP contribution is -2.27. The summed E-state index contributed by atoms with van der Waals surface area (Å²) in [5, 5.41) is 0. The third kappa shape index (κ3) is 0.967. The van der Waals surface area contributed by atoms with Gasteiger partial charge < -0.3 is 4.74 Å². The Morgan fingerprint density at radius 3 is 2.83 bits per heavy atom. The van der Waals surface area contributed by atoms with Crippen molar-refractivity contribution in [2.45, 2.75) is 12.8 Å². The van der Waals surface area contributed by atoms with Crippen LogP contribution in [0, 0.1) is 11.8 Å². The Bertz CT molecular complexity index is 267. The first-order valence-corrected chi connectivity index (χ1v) is 4.06. The number of ketones is 1. The summed E-state index contributed by atoms with van der Waals surface area (Å²) >= 11 is 0. The molecule has 0 aromatic heterocycles. The number of hydrogen-bond donors (Lipinski definition) is 0. The van der Waals surface area contributed by atoms with Gasteiger partial charge in [0.25, 0.3) is 0 Å². The van der Waals surface area contributed by atoms with Crippen LogP contribution in [0.5, 0.6) is 0 Å². The molecular formula is C9H10O3. The Morgan fingerprint density at radius 2 is 2.08 bits per heavy atom. The van der Waals surface area contributed by atoms with E-state index in [2.05, 4.69) is 6.58 Å². The zero-order chi connectivity index (χ0) is 8.72. The highest BCUT2D eigenvalue weighted by atomic mass is 16.5. The summed E-state index contributed by atoms with van der Waals surface area (Å²) in [5.74, 6) is 0.198. The van der Waals surface area contributed by atoms with Gasteiger partial charge in [0.1, 0.15) is 0 Å². The zero-order valence-electron chi connectivity index (χ0n) is 6.71. The second kappa shape index (κ2) is 2.44. The van der Waals surface area contributed by atoms with E-state index in [1.807, 2.05) is 0 Å². The van der Waals surface area contributed by atoms with E-state index in [1.165, 1.54) is 0 Å². The van der Waals surface area contributed by atoms with E-state index in [0.717, 1.165) is 0 Å². The summed E-state index contributed by atoms with van der Waals surface area (Å²) in [4.78, 5) is 22.0. The lowest BCUT2D eigenvalue weighted by Gasteiger charge is -2.23. The number of hydrogen-bond acceptors (Lipinski definition) is 3. The minimum Gasteiger partial charge on any atom is -0.465 e. The van der Waals surface area contributed by atoms with Gasteiger partial charge in [0, 0.05) is 18.8 Å². The summed E-state index contributed by atoms with van der Waals surface area (Å²) in [6.07, 6.45) is 0.869. The quantitative estimate of drug-likeness (QED) is 0.393. The van der Waals surface area contributed by atoms with Crippen molar-refractivity contribution >= 4 is 11.8 Å². The molecule has 1 aliphatic heterocycles. The van der Waals surface area contributed by atoms with Crippen LogP contribution in [0.3, 0.4) is 0 Å². The van der Waals surface area contributed by atoms with Crippen molar-refractivity contribution in [1.82, 2.24) is 0 Å². The van der Waals surface area contributed by atoms with E-state index >= 15 is 0 Å². The monoisotopic (exact) mass is 166 g/mol. The molecule has 2 fully saturated rings. The fourth-order valence-corrected chi connectivity index (χ4v) is 1.91. The molecule has 0 radical (unpaired) electrons. The van der Waals surface area contributed by atoms with Crippen molar-refractivity contribution in [1.29, 1.82) is 0 Å². The Morgan fingerprint density at radius 1 is 1.33 bits per heavy atom. The molecule has 3 heteroatoms. The van der Waals surface area contributed by atoms with Crippen LogP contribution >= 0.6 is 0 Å². The molecule has 1 aliphatic carbocycles. The maximum absolute atomic E-state index is 11.2. The standard InChI is InChI=1S/C9H10O3/c1-5-7-4-12-9(11)3-6(7)2-8(5)10/h6-7H,1-4H2. The van der Waals surface area contributed by atoms with Crippen LogP contribution in [0.4, 0.5) is 0 Å². The van der Waals surface area contributed by atoms with Crippen LogP contribution in [0.25, 0.3) is 0 Å². The molecule has 0 N–H and O–H groups in total. The van der Waals surface area contributed by atoms with Crippen molar-refractivity contribution in [2.75, 3.05) is 6.61 Å². The average molecular weight is 166 g/mol. The number of fused-ring (bicyclic) bond motifs is 1. The molecule has 2 atom stereocenters. The second-order valence-electron chi connectivity index (χ2n) is 3.41. The summed E-state index contributed by atoms with van der Waals surface area (Å²) in [6, 6.07) is 0. The van der Waals surface area contributed by atoms with Crippen molar-refractivity contribution in [3.8, 4) is 0 Å². The number of Topliss-reactive ketones (excluding diaryl/α,β-unsaturated/α-hetero) is 1. The number of ether oxygens (including phenoxy) is 1. The van der Waals surface area contributed by atoms with Crippen LogP contribution in [0.1, 0.15) is 12.8 Å². The molecule has 0 bridgehead atoms. The molecule has 64 valence electrons. The number of carbonyl (C=O) groups is 2. The minimum atomic E-state index is -0.182. The topological polar surface area (TPSA) is 43.4 Å². The van der Waals surface area contributed by atoms with E-state index in [0.29, 0.717) is 25.0 Å². The Hall–Kier alpha value is -1.12. The van der Waals surface area contributed by atoms with Gasteiger partial charge in [-0.2, -0.15) is 0 Å². The number of cyclic esters (lactones) is 1. The predicted octanol–water partition coefficient (Wildman–Crippen LogP) is 0.695. The molecule has 2 unspecified atom stereocenters. The van der Waals surface area contributed by atoms with Crippen molar-refractivity contribution in [3.63, 3.8) is 0 Å². The van der Waals surface area contributed by atoms with E-state index < -0.39 is 0 Å². The molecule has 0 aromatic carbocycles. The number of esters is 1. The summed E-state index contributed by atoms with van der Waals surface area (Å²) < 4.78 is 4.86. The van der Waals surface area contributed by atoms with Crippen LogP contribution in [0.15, 0.2) is 12.2 Å². The van der Waals surface area contributed by atoms with Gasteiger partial charge in [-0.05, 0) is 11.5 Å². The van der Waals surface area contributed by atoms with Gasteiger partial charge in [0.2, 0.25) is 0 Å². The van der Waals surface area contributed by atoms with Crippen LogP contribution in [-0.2, 0) is 14.3 Å². The maximum atomic E-state index is 11.2. The van der Waals surface area contributed by atoms with Gasteiger partial charge in [-0.3, -0.25) is 9.59 Å². The molecule has 1 heterocycles.